The maximum atomic E-state index is 12.7. The summed E-state index contributed by atoms with van der Waals surface area (Å²) in [5, 5.41) is 3.05. The molecule has 27 heavy (non-hydrogen) atoms. The van der Waals surface area contributed by atoms with Crippen molar-refractivity contribution in [1.82, 2.24) is 20.2 Å². The molecule has 2 fully saturated rings. The molecule has 1 saturated heterocycles. The number of hydrogen-bond donors (Lipinski definition) is 1. The molecule has 2 aliphatic rings. The molecule has 1 N–H and O–H groups in total. The van der Waals surface area contributed by atoms with Gasteiger partial charge in [-0.1, -0.05) is 19.3 Å². The van der Waals surface area contributed by atoms with Gasteiger partial charge in [-0.15, -0.1) is 0 Å². The van der Waals surface area contributed by atoms with Crippen LogP contribution in [-0.4, -0.2) is 59.3 Å². The average Bonchev–Trinajstić information content (AvgIpc) is 2.67. The van der Waals surface area contributed by atoms with E-state index >= 15 is 0 Å². The molecule has 3 rings (SSSR count). The Balaban J connectivity index is 1.49. The standard InChI is InChI=1S/C17H23F3N4O3/c18-17(19,20)14-6-7-21-15(23-14)27-11-13-10-24(8-9-26-13)16(25)22-12-4-2-1-3-5-12/h6-7,12-13H,1-5,8-11H2,(H,22,25). The van der Waals surface area contributed by atoms with Gasteiger partial charge in [0.1, 0.15) is 12.7 Å². The lowest BCUT2D eigenvalue weighted by atomic mass is 9.96. The first-order chi connectivity index (χ1) is 12.9. The third-order valence-corrected chi connectivity index (χ3v) is 4.68. The first-order valence-electron chi connectivity index (χ1n) is 9.12. The number of halogens is 3. The van der Waals surface area contributed by atoms with Gasteiger partial charge in [-0.3, -0.25) is 0 Å². The zero-order valence-corrected chi connectivity index (χ0v) is 14.9. The van der Waals surface area contributed by atoms with Gasteiger partial charge in [-0.2, -0.15) is 18.2 Å². The summed E-state index contributed by atoms with van der Waals surface area (Å²) in [6.45, 7) is 1.08. The molecule has 0 bridgehead atoms. The van der Waals surface area contributed by atoms with Crippen LogP contribution in [-0.2, 0) is 10.9 Å². The topological polar surface area (TPSA) is 76.6 Å². The van der Waals surface area contributed by atoms with E-state index < -0.39 is 18.0 Å². The van der Waals surface area contributed by atoms with Crippen LogP contribution < -0.4 is 10.1 Å². The highest BCUT2D eigenvalue weighted by Crippen LogP contribution is 2.27. The highest BCUT2D eigenvalue weighted by Gasteiger charge is 2.33. The number of ether oxygens (including phenoxy) is 2. The van der Waals surface area contributed by atoms with Crippen molar-refractivity contribution in [3.05, 3.63) is 18.0 Å². The number of morpholine rings is 1. The molecule has 10 heteroatoms. The van der Waals surface area contributed by atoms with Crippen molar-refractivity contribution in [2.24, 2.45) is 0 Å². The molecular weight excluding hydrogens is 365 g/mol. The smallest absolute Gasteiger partial charge is 0.433 e. The molecule has 1 saturated carbocycles. The van der Waals surface area contributed by atoms with E-state index in [0.717, 1.165) is 37.9 Å². The Hall–Kier alpha value is -2.10. The van der Waals surface area contributed by atoms with Crippen LogP contribution in [0.15, 0.2) is 12.3 Å². The largest absolute Gasteiger partial charge is 0.461 e. The van der Waals surface area contributed by atoms with E-state index in [2.05, 4.69) is 15.3 Å². The van der Waals surface area contributed by atoms with Crippen LogP contribution in [0.4, 0.5) is 18.0 Å². The summed E-state index contributed by atoms with van der Waals surface area (Å²) in [6.07, 6.45) is 1.44. The van der Waals surface area contributed by atoms with Crippen LogP contribution in [0.1, 0.15) is 37.8 Å². The Kier molecular flexibility index (Phi) is 6.35. The normalized spacial score (nSPS) is 21.7. The van der Waals surface area contributed by atoms with E-state index in [0.29, 0.717) is 19.7 Å². The summed E-state index contributed by atoms with van der Waals surface area (Å²) in [5.74, 6) is 0. The molecule has 1 aromatic heterocycles. The van der Waals surface area contributed by atoms with Crippen molar-refractivity contribution in [3.8, 4) is 6.01 Å². The number of aromatic nitrogens is 2. The average molecular weight is 388 g/mol. The summed E-state index contributed by atoms with van der Waals surface area (Å²) in [4.78, 5) is 21.1. The van der Waals surface area contributed by atoms with Crippen molar-refractivity contribution in [3.63, 3.8) is 0 Å². The number of urea groups is 1. The number of alkyl halides is 3. The Morgan fingerprint density at radius 1 is 1.33 bits per heavy atom. The number of rotatable bonds is 4. The van der Waals surface area contributed by atoms with E-state index in [4.69, 9.17) is 9.47 Å². The lowest BCUT2D eigenvalue weighted by Crippen LogP contribution is -2.53. The zero-order valence-electron chi connectivity index (χ0n) is 14.9. The minimum atomic E-state index is -4.56. The van der Waals surface area contributed by atoms with Crippen molar-refractivity contribution in [1.29, 1.82) is 0 Å². The monoisotopic (exact) mass is 388 g/mol. The molecule has 2 heterocycles. The summed E-state index contributed by atoms with van der Waals surface area (Å²) < 4.78 is 48.8. The first kappa shape index (κ1) is 19.7. The predicted molar refractivity (Wildman–Crippen MR) is 89.2 cm³/mol. The van der Waals surface area contributed by atoms with Crippen molar-refractivity contribution in [2.75, 3.05) is 26.3 Å². The molecular formula is C17H23F3N4O3. The third kappa shape index (κ3) is 5.69. The fourth-order valence-electron chi connectivity index (χ4n) is 3.25. The maximum Gasteiger partial charge on any atom is 0.433 e. The van der Waals surface area contributed by atoms with Crippen molar-refractivity contribution in [2.45, 2.75) is 50.4 Å². The van der Waals surface area contributed by atoms with Gasteiger partial charge in [0, 0.05) is 18.8 Å². The number of carbonyl (C=O) groups is 1. The van der Waals surface area contributed by atoms with Gasteiger partial charge >= 0.3 is 18.2 Å². The van der Waals surface area contributed by atoms with Gasteiger partial charge in [0.25, 0.3) is 0 Å². The minimum Gasteiger partial charge on any atom is -0.461 e. The molecule has 1 unspecified atom stereocenters. The van der Waals surface area contributed by atoms with Gasteiger partial charge in [-0.05, 0) is 18.9 Å². The quantitative estimate of drug-likeness (QED) is 0.858. The molecule has 0 aromatic carbocycles. The highest BCUT2D eigenvalue weighted by atomic mass is 19.4. The summed E-state index contributed by atoms with van der Waals surface area (Å²) in [5.41, 5.74) is -1.06. The number of nitrogens with zero attached hydrogens (tertiary/aromatic N) is 3. The van der Waals surface area contributed by atoms with E-state index in [1.165, 1.54) is 6.42 Å². The lowest BCUT2D eigenvalue weighted by molar-refractivity contribution is -0.141. The number of hydrogen-bond acceptors (Lipinski definition) is 5. The molecule has 1 aliphatic heterocycles. The highest BCUT2D eigenvalue weighted by molar-refractivity contribution is 5.74. The Bertz CT molecular complexity index is 638. The van der Waals surface area contributed by atoms with Crippen LogP contribution in [0.5, 0.6) is 6.01 Å². The molecule has 2 amide bonds. The minimum absolute atomic E-state index is 0.0332. The summed E-state index contributed by atoms with van der Waals surface area (Å²) >= 11 is 0. The van der Waals surface area contributed by atoms with Gasteiger partial charge < -0.3 is 19.7 Å². The molecule has 7 nitrogen and oxygen atoms in total. The summed E-state index contributed by atoms with van der Waals surface area (Å²) in [6, 6.07) is 0.492. The molecule has 150 valence electrons. The second-order valence-electron chi connectivity index (χ2n) is 6.76. The number of nitrogens with one attached hydrogen (secondary N) is 1. The van der Waals surface area contributed by atoms with Crippen molar-refractivity contribution >= 4 is 6.03 Å². The number of amides is 2. The second-order valence-corrected chi connectivity index (χ2v) is 6.76. The molecule has 1 aliphatic carbocycles. The zero-order chi connectivity index (χ0) is 19.3. The van der Waals surface area contributed by atoms with E-state index in [9.17, 15) is 18.0 Å². The second kappa shape index (κ2) is 8.73. The van der Waals surface area contributed by atoms with E-state index in [-0.39, 0.29) is 24.7 Å². The van der Waals surface area contributed by atoms with E-state index in [1.807, 2.05) is 0 Å². The van der Waals surface area contributed by atoms with Crippen LogP contribution in [0.3, 0.4) is 0 Å². The lowest BCUT2D eigenvalue weighted by Gasteiger charge is -2.34. The van der Waals surface area contributed by atoms with Crippen LogP contribution in [0.2, 0.25) is 0 Å². The fraction of sp³-hybridized carbons (Fsp3) is 0.706. The number of carbonyl (C=O) groups excluding carboxylic acids is 1. The van der Waals surface area contributed by atoms with Gasteiger partial charge in [0.15, 0.2) is 5.69 Å². The Morgan fingerprint density at radius 2 is 2.11 bits per heavy atom. The van der Waals surface area contributed by atoms with Gasteiger partial charge in [-0.25, -0.2) is 9.78 Å². The van der Waals surface area contributed by atoms with Gasteiger partial charge in [0.05, 0.1) is 13.2 Å². The third-order valence-electron chi connectivity index (χ3n) is 4.68. The SMILES string of the molecule is O=C(NC1CCCCC1)N1CCOC(COc2nccc(C(F)(F)F)n2)C1. The Morgan fingerprint density at radius 3 is 2.85 bits per heavy atom. The predicted octanol–water partition coefficient (Wildman–Crippen LogP) is 2.62. The molecule has 0 spiro atoms. The van der Waals surface area contributed by atoms with Crippen LogP contribution >= 0.6 is 0 Å². The van der Waals surface area contributed by atoms with Gasteiger partial charge in [0.2, 0.25) is 0 Å². The van der Waals surface area contributed by atoms with Crippen molar-refractivity contribution < 1.29 is 27.4 Å². The first-order valence-corrected chi connectivity index (χ1v) is 9.12. The van der Waals surface area contributed by atoms with E-state index in [1.54, 1.807) is 4.90 Å². The Labute approximate surface area is 155 Å². The molecule has 0 radical (unpaired) electrons. The fourth-order valence-corrected chi connectivity index (χ4v) is 3.25. The summed E-state index contributed by atoms with van der Waals surface area (Å²) in [7, 11) is 0. The van der Waals surface area contributed by atoms with Crippen LogP contribution in [0.25, 0.3) is 0 Å². The van der Waals surface area contributed by atoms with Crippen LogP contribution in [0, 0.1) is 0 Å². The molecule has 1 atom stereocenters. The maximum absolute atomic E-state index is 12.7. The molecule has 1 aromatic rings.